The van der Waals surface area contributed by atoms with E-state index in [1.165, 1.54) is 0 Å². The van der Waals surface area contributed by atoms with Gasteiger partial charge in [0.15, 0.2) is 0 Å². The number of hydrogen-bond acceptors (Lipinski definition) is 3. The summed E-state index contributed by atoms with van der Waals surface area (Å²) in [6, 6.07) is 6.31. The number of nitrogens with two attached hydrogens (primary N) is 1. The van der Waals surface area contributed by atoms with E-state index in [1.54, 1.807) is 24.3 Å². The lowest BCUT2D eigenvalue weighted by molar-refractivity contribution is -0.138. The molecule has 0 aliphatic rings. The fourth-order valence-electron chi connectivity index (χ4n) is 1.56. The largest absolute Gasteiger partial charge is 0.489 e. The third-order valence-corrected chi connectivity index (χ3v) is 2.70. The molecule has 0 heterocycles. The summed E-state index contributed by atoms with van der Waals surface area (Å²) in [5.74, 6) is -0.301. The summed E-state index contributed by atoms with van der Waals surface area (Å²) in [5.41, 5.74) is 7.26. The van der Waals surface area contributed by atoms with E-state index < -0.39 is 12.0 Å². The van der Waals surface area contributed by atoms with Gasteiger partial charge < -0.3 is 15.6 Å². The van der Waals surface area contributed by atoms with Crippen LogP contribution in [0.1, 0.15) is 5.56 Å². The van der Waals surface area contributed by atoms with Gasteiger partial charge in [-0.25, -0.2) is 0 Å². The first kappa shape index (κ1) is 15.7. The van der Waals surface area contributed by atoms with Crippen LogP contribution in [0.3, 0.4) is 0 Å². The molecule has 4 heteroatoms. The van der Waals surface area contributed by atoms with E-state index in [2.05, 4.69) is 13.2 Å². The van der Waals surface area contributed by atoms with Gasteiger partial charge in [-0.15, -0.1) is 0 Å². The van der Waals surface area contributed by atoms with Gasteiger partial charge in [-0.1, -0.05) is 43.5 Å². The van der Waals surface area contributed by atoms with Crippen LogP contribution in [0.4, 0.5) is 0 Å². The molecule has 1 aromatic carbocycles. The van der Waals surface area contributed by atoms with Crippen LogP contribution in [0.25, 0.3) is 0 Å². The van der Waals surface area contributed by atoms with Crippen LogP contribution < -0.4 is 10.5 Å². The van der Waals surface area contributed by atoms with Crippen molar-refractivity contribution in [3.05, 3.63) is 66.8 Å². The number of benzene rings is 1. The predicted octanol–water partition coefficient (Wildman–Crippen LogP) is 2.32. The Kier molecular flexibility index (Phi) is 6.26. The zero-order chi connectivity index (χ0) is 15.0. The molecule has 0 amide bonds. The van der Waals surface area contributed by atoms with Crippen molar-refractivity contribution in [2.75, 3.05) is 6.61 Å². The number of carboxylic acids is 1. The Labute approximate surface area is 118 Å². The first-order valence-electron chi connectivity index (χ1n) is 6.21. The smallest absolute Gasteiger partial charge is 0.320 e. The van der Waals surface area contributed by atoms with Gasteiger partial charge in [0.1, 0.15) is 18.4 Å². The maximum Gasteiger partial charge on any atom is 0.320 e. The van der Waals surface area contributed by atoms with Gasteiger partial charge in [0.2, 0.25) is 0 Å². The van der Waals surface area contributed by atoms with Crippen LogP contribution >= 0.6 is 0 Å². The fraction of sp³-hybridized carbons (Fsp3) is 0.188. The predicted molar refractivity (Wildman–Crippen MR) is 79.7 cm³/mol. The molecule has 0 radical (unpaired) electrons. The molecule has 4 nitrogen and oxygen atoms in total. The number of hydrogen-bond donors (Lipinski definition) is 2. The molecule has 0 saturated heterocycles. The Bertz CT molecular complexity index is 503. The van der Waals surface area contributed by atoms with Gasteiger partial charge in [-0.2, -0.15) is 0 Å². The van der Waals surface area contributed by atoms with Crippen molar-refractivity contribution in [2.45, 2.75) is 12.5 Å². The number of allylic oxidation sites excluding steroid dienone is 2. The van der Waals surface area contributed by atoms with Gasteiger partial charge in [0, 0.05) is 0 Å². The summed E-state index contributed by atoms with van der Waals surface area (Å²) >= 11 is 0. The molecule has 0 unspecified atom stereocenters. The Balaban J connectivity index is 2.58. The first-order chi connectivity index (χ1) is 9.56. The highest BCUT2D eigenvalue weighted by Crippen LogP contribution is 2.14. The zero-order valence-electron chi connectivity index (χ0n) is 11.3. The highest BCUT2D eigenvalue weighted by molar-refractivity contribution is 5.73. The van der Waals surface area contributed by atoms with Gasteiger partial charge in [0.25, 0.3) is 0 Å². The van der Waals surface area contributed by atoms with E-state index in [-0.39, 0.29) is 0 Å². The lowest BCUT2D eigenvalue weighted by Crippen LogP contribution is -2.32. The van der Waals surface area contributed by atoms with Crippen LogP contribution in [0, 0.1) is 0 Å². The minimum atomic E-state index is -1.00. The third kappa shape index (κ3) is 5.12. The van der Waals surface area contributed by atoms with Crippen molar-refractivity contribution in [2.24, 2.45) is 5.73 Å². The Morgan fingerprint density at radius 3 is 2.50 bits per heavy atom. The summed E-state index contributed by atoms with van der Waals surface area (Å²) in [6.45, 7) is 7.71. The average Bonchev–Trinajstić information content (AvgIpc) is 2.44. The topological polar surface area (TPSA) is 72.5 Å². The maximum absolute atomic E-state index is 10.7. The average molecular weight is 273 g/mol. The molecular weight excluding hydrogens is 254 g/mol. The molecule has 0 bridgehead atoms. The molecule has 106 valence electrons. The molecule has 0 saturated carbocycles. The molecule has 1 rings (SSSR count). The van der Waals surface area contributed by atoms with Crippen molar-refractivity contribution in [3.63, 3.8) is 0 Å². The maximum atomic E-state index is 10.7. The van der Waals surface area contributed by atoms with E-state index in [0.717, 1.165) is 11.1 Å². The summed E-state index contributed by atoms with van der Waals surface area (Å²) in [5, 5.41) is 8.75. The standard InChI is InChI=1S/C16H19NO3/c1-3-5-12(4-2)11-20-14-8-6-13(7-9-14)10-15(17)16(18)19/h3-9,15H,1-2,10-11,17H2,(H,18,19)/b12-5+/t15-/m0/s1. The molecule has 20 heavy (non-hydrogen) atoms. The summed E-state index contributed by atoms with van der Waals surface area (Å²) in [6.07, 6.45) is 5.51. The molecule has 0 spiro atoms. The Morgan fingerprint density at radius 1 is 1.35 bits per heavy atom. The van der Waals surface area contributed by atoms with Gasteiger partial charge in [-0.3, -0.25) is 4.79 Å². The van der Waals surface area contributed by atoms with Crippen LogP contribution in [-0.4, -0.2) is 23.7 Å². The lowest BCUT2D eigenvalue weighted by atomic mass is 10.1. The second-order valence-corrected chi connectivity index (χ2v) is 4.26. The van der Waals surface area contributed by atoms with Gasteiger partial charge in [0.05, 0.1) is 0 Å². The number of carbonyl (C=O) groups is 1. The highest BCUT2D eigenvalue weighted by atomic mass is 16.5. The molecule has 0 aliphatic carbocycles. The summed E-state index contributed by atoms with van der Waals surface area (Å²) in [7, 11) is 0. The van der Waals surface area contributed by atoms with Crippen molar-refractivity contribution in [1.29, 1.82) is 0 Å². The number of aliphatic carboxylic acids is 1. The summed E-state index contributed by atoms with van der Waals surface area (Å²) in [4.78, 5) is 10.7. The first-order valence-corrected chi connectivity index (χ1v) is 6.21. The van der Waals surface area contributed by atoms with E-state index in [9.17, 15) is 4.79 Å². The zero-order valence-corrected chi connectivity index (χ0v) is 11.3. The van der Waals surface area contributed by atoms with Crippen LogP contribution in [-0.2, 0) is 11.2 Å². The molecular formula is C16H19NO3. The monoisotopic (exact) mass is 273 g/mol. The van der Waals surface area contributed by atoms with E-state index in [0.29, 0.717) is 18.8 Å². The highest BCUT2D eigenvalue weighted by Gasteiger charge is 2.11. The van der Waals surface area contributed by atoms with Crippen LogP contribution in [0.5, 0.6) is 5.75 Å². The minimum Gasteiger partial charge on any atom is -0.489 e. The Morgan fingerprint density at radius 2 is 2.00 bits per heavy atom. The quantitative estimate of drug-likeness (QED) is 0.713. The lowest BCUT2D eigenvalue weighted by Gasteiger charge is -2.09. The number of ether oxygens (including phenoxy) is 1. The van der Waals surface area contributed by atoms with E-state index in [1.807, 2.05) is 18.2 Å². The molecule has 0 aliphatic heterocycles. The summed E-state index contributed by atoms with van der Waals surface area (Å²) < 4.78 is 5.58. The molecule has 1 aromatic rings. The van der Waals surface area contributed by atoms with E-state index >= 15 is 0 Å². The fourth-order valence-corrected chi connectivity index (χ4v) is 1.56. The minimum absolute atomic E-state index is 0.296. The molecule has 0 aromatic heterocycles. The van der Waals surface area contributed by atoms with Crippen molar-refractivity contribution < 1.29 is 14.6 Å². The van der Waals surface area contributed by atoms with Crippen LogP contribution in [0.15, 0.2) is 61.2 Å². The molecule has 3 N–H and O–H groups in total. The van der Waals surface area contributed by atoms with Crippen molar-refractivity contribution >= 4 is 5.97 Å². The third-order valence-electron chi connectivity index (χ3n) is 2.70. The van der Waals surface area contributed by atoms with Gasteiger partial charge in [-0.05, 0) is 29.7 Å². The Hall–Kier alpha value is -2.33. The molecule has 1 atom stereocenters. The van der Waals surface area contributed by atoms with Crippen molar-refractivity contribution in [1.82, 2.24) is 0 Å². The second kappa shape index (κ2) is 7.96. The number of rotatable bonds is 8. The van der Waals surface area contributed by atoms with Gasteiger partial charge >= 0.3 is 5.97 Å². The SMILES string of the molecule is C=C/C=C(\C=C)COc1ccc(C[C@H](N)C(=O)O)cc1. The van der Waals surface area contributed by atoms with Crippen LogP contribution in [0.2, 0.25) is 0 Å². The second-order valence-electron chi connectivity index (χ2n) is 4.26. The number of carboxylic acid groups (broad SMARTS) is 1. The molecule has 0 fully saturated rings. The van der Waals surface area contributed by atoms with E-state index in [4.69, 9.17) is 15.6 Å². The normalized spacial score (nSPS) is 12.6. The van der Waals surface area contributed by atoms with Crippen molar-refractivity contribution in [3.8, 4) is 5.75 Å².